The second kappa shape index (κ2) is 9.18. The van der Waals surface area contributed by atoms with Gasteiger partial charge in [-0.3, -0.25) is 9.59 Å². The van der Waals surface area contributed by atoms with E-state index in [1.54, 1.807) is 0 Å². The summed E-state index contributed by atoms with van der Waals surface area (Å²) in [5, 5.41) is 12.0. The van der Waals surface area contributed by atoms with Crippen molar-refractivity contribution in [2.45, 2.75) is 44.0 Å². The number of ether oxygens (including phenoxy) is 1. The first-order chi connectivity index (χ1) is 12.7. The Bertz CT molecular complexity index is 757. The molecule has 1 aromatic rings. The molecular weight excluding hydrogens is 372 g/mol. The first kappa shape index (κ1) is 21.2. The van der Waals surface area contributed by atoms with Gasteiger partial charge in [0.1, 0.15) is 5.75 Å². The number of amides is 1. The molecule has 3 N–H and O–H groups in total. The number of hydrogen-bond acceptors (Lipinski definition) is 5. The lowest BCUT2D eigenvalue weighted by atomic mass is 9.98. The molecule has 9 heteroatoms. The second-order valence-electron chi connectivity index (χ2n) is 7.12. The Morgan fingerprint density at radius 3 is 2.37 bits per heavy atom. The average Bonchev–Trinajstić information content (AvgIpc) is 3.40. The molecule has 2 rings (SSSR count). The molecule has 1 fully saturated rings. The third-order valence-corrected chi connectivity index (χ3v) is 5.51. The third-order valence-electron chi connectivity index (χ3n) is 4.07. The molecule has 0 saturated heterocycles. The van der Waals surface area contributed by atoms with E-state index in [0.717, 1.165) is 12.8 Å². The highest BCUT2D eigenvalue weighted by Crippen LogP contribution is 2.19. The van der Waals surface area contributed by atoms with Crippen LogP contribution in [0.1, 0.15) is 33.1 Å². The van der Waals surface area contributed by atoms with Crippen LogP contribution in [0.5, 0.6) is 5.75 Å². The van der Waals surface area contributed by atoms with Crippen LogP contribution in [0.4, 0.5) is 0 Å². The van der Waals surface area contributed by atoms with E-state index in [-0.39, 0.29) is 35.9 Å². The Balaban J connectivity index is 1.89. The van der Waals surface area contributed by atoms with Gasteiger partial charge in [-0.05, 0) is 49.4 Å². The SMILES string of the molecule is CC(C)CC(CNS(=O)(=O)c1ccc(OCC(=O)NC2CC2)cc1)C(=O)O. The van der Waals surface area contributed by atoms with Crippen molar-refractivity contribution in [3.63, 3.8) is 0 Å². The van der Waals surface area contributed by atoms with Gasteiger partial charge in [0.2, 0.25) is 10.0 Å². The van der Waals surface area contributed by atoms with Gasteiger partial charge in [0.05, 0.1) is 10.8 Å². The van der Waals surface area contributed by atoms with Gasteiger partial charge in [-0.15, -0.1) is 0 Å². The van der Waals surface area contributed by atoms with E-state index < -0.39 is 21.9 Å². The summed E-state index contributed by atoms with van der Waals surface area (Å²) in [5.41, 5.74) is 0. The molecule has 1 amide bonds. The van der Waals surface area contributed by atoms with E-state index >= 15 is 0 Å². The highest BCUT2D eigenvalue weighted by molar-refractivity contribution is 7.89. The van der Waals surface area contributed by atoms with E-state index in [2.05, 4.69) is 10.0 Å². The van der Waals surface area contributed by atoms with Gasteiger partial charge in [0, 0.05) is 12.6 Å². The number of hydrogen-bond donors (Lipinski definition) is 3. The predicted molar refractivity (Wildman–Crippen MR) is 98.9 cm³/mol. The van der Waals surface area contributed by atoms with E-state index in [1.807, 2.05) is 13.8 Å². The molecule has 1 aromatic carbocycles. The van der Waals surface area contributed by atoms with Gasteiger partial charge in [0.15, 0.2) is 6.61 Å². The fraction of sp³-hybridized carbons (Fsp3) is 0.556. The summed E-state index contributed by atoms with van der Waals surface area (Å²) in [6.07, 6.45) is 2.37. The van der Waals surface area contributed by atoms with Crippen LogP contribution in [-0.4, -0.2) is 44.6 Å². The molecule has 1 aliphatic carbocycles. The highest BCUT2D eigenvalue weighted by atomic mass is 32.2. The van der Waals surface area contributed by atoms with Crippen LogP contribution in [0, 0.1) is 11.8 Å². The molecule has 150 valence electrons. The molecule has 27 heavy (non-hydrogen) atoms. The number of sulfonamides is 1. The maximum Gasteiger partial charge on any atom is 0.307 e. The van der Waals surface area contributed by atoms with Gasteiger partial charge in [-0.25, -0.2) is 13.1 Å². The standard InChI is InChI=1S/C18H26N2O6S/c1-12(2)9-13(18(22)23)10-19-27(24,25)16-7-5-15(6-8-16)26-11-17(21)20-14-3-4-14/h5-8,12-14,19H,3-4,9-11H2,1-2H3,(H,20,21)(H,22,23). The number of carbonyl (C=O) groups excluding carboxylic acids is 1. The van der Waals surface area contributed by atoms with E-state index in [1.165, 1.54) is 24.3 Å². The maximum absolute atomic E-state index is 12.3. The van der Waals surface area contributed by atoms with Crippen LogP contribution in [0.15, 0.2) is 29.2 Å². The lowest BCUT2D eigenvalue weighted by Gasteiger charge is -2.15. The highest BCUT2D eigenvalue weighted by Gasteiger charge is 2.24. The zero-order valence-corrected chi connectivity index (χ0v) is 16.3. The molecule has 0 radical (unpaired) electrons. The number of carboxylic acids is 1. The van der Waals surface area contributed by atoms with Crippen molar-refractivity contribution >= 4 is 21.9 Å². The van der Waals surface area contributed by atoms with Crippen LogP contribution in [0.25, 0.3) is 0 Å². The molecule has 0 heterocycles. The van der Waals surface area contributed by atoms with Crippen molar-refractivity contribution < 1.29 is 27.9 Å². The fourth-order valence-corrected chi connectivity index (χ4v) is 3.58. The second-order valence-corrected chi connectivity index (χ2v) is 8.89. The monoisotopic (exact) mass is 398 g/mol. The number of carbonyl (C=O) groups is 2. The molecule has 1 saturated carbocycles. The summed E-state index contributed by atoms with van der Waals surface area (Å²) in [6.45, 7) is 3.47. The summed E-state index contributed by atoms with van der Waals surface area (Å²) < 4.78 is 32.4. The fourth-order valence-electron chi connectivity index (χ4n) is 2.50. The summed E-state index contributed by atoms with van der Waals surface area (Å²) in [5.74, 6) is -1.50. The Labute approximate surface area is 159 Å². The van der Waals surface area contributed by atoms with Gasteiger partial charge < -0.3 is 15.2 Å². The number of nitrogens with one attached hydrogen (secondary N) is 2. The number of carboxylic acid groups (broad SMARTS) is 1. The van der Waals surface area contributed by atoms with Crippen LogP contribution < -0.4 is 14.8 Å². The molecule has 8 nitrogen and oxygen atoms in total. The van der Waals surface area contributed by atoms with E-state index in [9.17, 15) is 23.1 Å². The van der Waals surface area contributed by atoms with Crippen LogP contribution in [0.2, 0.25) is 0 Å². The molecule has 0 spiro atoms. The van der Waals surface area contributed by atoms with Crippen LogP contribution >= 0.6 is 0 Å². The maximum atomic E-state index is 12.3. The summed E-state index contributed by atoms with van der Waals surface area (Å²) in [6, 6.07) is 5.89. The first-order valence-electron chi connectivity index (χ1n) is 8.92. The third kappa shape index (κ3) is 7.18. The van der Waals surface area contributed by atoms with Gasteiger partial charge in [-0.1, -0.05) is 13.8 Å². The van der Waals surface area contributed by atoms with Crippen molar-refractivity contribution in [3.8, 4) is 5.75 Å². The molecule has 0 bridgehead atoms. The van der Waals surface area contributed by atoms with Gasteiger partial charge >= 0.3 is 5.97 Å². The van der Waals surface area contributed by atoms with Gasteiger partial charge in [-0.2, -0.15) is 0 Å². The summed E-state index contributed by atoms with van der Waals surface area (Å²) >= 11 is 0. The smallest absolute Gasteiger partial charge is 0.307 e. The molecule has 1 unspecified atom stereocenters. The Morgan fingerprint density at radius 2 is 1.85 bits per heavy atom. The molecular formula is C18H26N2O6S. The number of benzene rings is 1. The van der Waals surface area contributed by atoms with Crippen LogP contribution in [0.3, 0.4) is 0 Å². The van der Waals surface area contributed by atoms with E-state index in [4.69, 9.17) is 4.74 Å². The van der Waals surface area contributed by atoms with Crippen molar-refractivity contribution in [2.24, 2.45) is 11.8 Å². The average molecular weight is 398 g/mol. The number of rotatable bonds is 11. The molecule has 1 aliphatic rings. The molecule has 0 aromatic heterocycles. The molecule has 0 aliphatic heterocycles. The Hall–Kier alpha value is -2.13. The van der Waals surface area contributed by atoms with E-state index in [0.29, 0.717) is 12.2 Å². The van der Waals surface area contributed by atoms with Crippen LogP contribution in [-0.2, 0) is 19.6 Å². The number of aliphatic carboxylic acids is 1. The first-order valence-corrected chi connectivity index (χ1v) is 10.4. The van der Waals surface area contributed by atoms with Crippen molar-refractivity contribution in [1.29, 1.82) is 0 Å². The van der Waals surface area contributed by atoms with Crippen molar-refractivity contribution in [2.75, 3.05) is 13.2 Å². The predicted octanol–water partition coefficient (Wildman–Crippen LogP) is 1.37. The molecule has 1 atom stereocenters. The Kier molecular flexibility index (Phi) is 7.20. The van der Waals surface area contributed by atoms with Crippen molar-refractivity contribution in [3.05, 3.63) is 24.3 Å². The Morgan fingerprint density at radius 1 is 1.22 bits per heavy atom. The lowest BCUT2D eigenvalue weighted by molar-refractivity contribution is -0.142. The summed E-state index contributed by atoms with van der Waals surface area (Å²) in [7, 11) is -3.83. The summed E-state index contributed by atoms with van der Waals surface area (Å²) in [4.78, 5) is 22.8. The van der Waals surface area contributed by atoms with Crippen molar-refractivity contribution in [1.82, 2.24) is 10.0 Å². The zero-order chi connectivity index (χ0) is 20.0. The van der Waals surface area contributed by atoms with Gasteiger partial charge in [0.25, 0.3) is 5.91 Å². The zero-order valence-electron chi connectivity index (χ0n) is 15.5. The topological polar surface area (TPSA) is 122 Å². The lowest BCUT2D eigenvalue weighted by Crippen LogP contribution is -2.33. The normalized spacial score (nSPS) is 15.4. The minimum atomic E-state index is -3.83. The minimum absolute atomic E-state index is 0.00553. The largest absolute Gasteiger partial charge is 0.484 e. The quantitative estimate of drug-likeness (QED) is 0.517. The minimum Gasteiger partial charge on any atom is -0.484 e.